The molecule has 0 aliphatic carbocycles. The van der Waals surface area contributed by atoms with Crippen molar-refractivity contribution in [3.63, 3.8) is 0 Å². The molecule has 1 aromatic heterocycles. The van der Waals surface area contributed by atoms with E-state index in [0.717, 1.165) is 17.1 Å². The molecule has 0 amide bonds. The Morgan fingerprint density at radius 2 is 2.10 bits per heavy atom. The Kier molecular flexibility index (Phi) is 4.57. The van der Waals surface area contributed by atoms with Crippen molar-refractivity contribution in [3.8, 4) is 11.5 Å². The summed E-state index contributed by atoms with van der Waals surface area (Å²) < 4.78 is 15.7. The van der Waals surface area contributed by atoms with Crippen LogP contribution in [-0.4, -0.2) is 24.4 Å². The van der Waals surface area contributed by atoms with Gasteiger partial charge in [0.2, 0.25) is 5.89 Å². The number of ether oxygens (including phenoxy) is 2. The van der Waals surface area contributed by atoms with Crippen molar-refractivity contribution in [1.82, 2.24) is 15.5 Å². The highest BCUT2D eigenvalue weighted by molar-refractivity contribution is 5.42. The number of methoxy groups -OCH3 is 2. The molecular formula is C14H19N3O3. The van der Waals surface area contributed by atoms with E-state index in [0.29, 0.717) is 18.3 Å². The maximum absolute atomic E-state index is 5.39. The fourth-order valence-corrected chi connectivity index (χ4v) is 1.94. The average molecular weight is 277 g/mol. The van der Waals surface area contributed by atoms with E-state index in [1.807, 2.05) is 25.1 Å². The zero-order valence-electron chi connectivity index (χ0n) is 12.1. The second kappa shape index (κ2) is 6.38. The summed E-state index contributed by atoms with van der Waals surface area (Å²) in [6, 6.07) is 5.84. The normalized spacial score (nSPS) is 12.2. The summed E-state index contributed by atoms with van der Waals surface area (Å²) in [4.78, 5) is 4.15. The van der Waals surface area contributed by atoms with Crippen LogP contribution in [0.1, 0.15) is 30.2 Å². The van der Waals surface area contributed by atoms with Gasteiger partial charge in [-0.2, -0.15) is 4.98 Å². The second-order valence-corrected chi connectivity index (χ2v) is 4.45. The first-order valence-electron chi connectivity index (χ1n) is 6.38. The number of hydrogen-bond acceptors (Lipinski definition) is 6. The van der Waals surface area contributed by atoms with E-state index in [-0.39, 0.29) is 6.04 Å². The Labute approximate surface area is 118 Å². The smallest absolute Gasteiger partial charge is 0.240 e. The molecule has 1 unspecified atom stereocenters. The minimum Gasteiger partial charge on any atom is -0.497 e. The minimum absolute atomic E-state index is 0.0862. The Balaban J connectivity index is 2.06. The molecule has 0 aliphatic rings. The molecule has 0 aliphatic heterocycles. The van der Waals surface area contributed by atoms with Crippen LogP contribution >= 0.6 is 0 Å². The van der Waals surface area contributed by atoms with Gasteiger partial charge in [-0.25, -0.2) is 0 Å². The van der Waals surface area contributed by atoms with Crippen LogP contribution in [0.5, 0.6) is 11.5 Å². The number of hydrogen-bond donors (Lipinski definition) is 1. The Morgan fingerprint density at radius 3 is 2.70 bits per heavy atom. The SMILES string of the molecule is COc1ccc(C(C)NCc2nc(C)no2)c(OC)c1. The molecule has 2 rings (SSSR count). The highest BCUT2D eigenvalue weighted by atomic mass is 16.5. The number of nitrogens with zero attached hydrogens (tertiary/aromatic N) is 2. The van der Waals surface area contributed by atoms with Gasteiger partial charge >= 0.3 is 0 Å². The molecule has 0 bridgehead atoms. The van der Waals surface area contributed by atoms with Gasteiger partial charge in [0.25, 0.3) is 0 Å². The lowest BCUT2D eigenvalue weighted by Gasteiger charge is -2.17. The van der Waals surface area contributed by atoms with Crippen LogP contribution in [0.25, 0.3) is 0 Å². The highest BCUT2D eigenvalue weighted by Crippen LogP contribution is 2.29. The summed E-state index contributed by atoms with van der Waals surface area (Å²) in [6.45, 7) is 4.35. The number of aryl methyl sites for hydroxylation is 1. The van der Waals surface area contributed by atoms with Gasteiger partial charge in [-0.05, 0) is 19.9 Å². The lowest BCUT2D eigenvalue weighted by atomic mass is 10.1. The topological polar surface area (TPSA) is 69.4 Å². The molecule has 0 fully saturated rings. The van der Waals surface area contributed by atoms with Crippen LogP contribution < -0.4 is 14.8 Å². The molecule has 2 aromatic rings. The molecule has 108 valence electrons. The largest absolute Gasteiger partial charge is 0.497 e. The van der Waals surface area contributed by atoms with E-state index in [2.05, 4.69) is 15.5 Å². The summed E-state index contributed by atoms with van der Waals surface area (Å²) in [5, 5.41) is 7.08. The lowest BCUT2D eigenvalue weighted by molar-refractivity contribution is 0.353. The molecule has 6 nitrogen and oxygen atoms in total. The number of nitrogens with one attached hydrogen (secondary N) is 1. The van der Waals surface area contributed by atoms with Gasteiger partial charge < -0.3 is 19.3 Å². The van der Waals surface area contributed by atoms with E-state index >= 15 is 0 Å². The number of aromatic nitrogens is 2. The zero-order chi connectivity index (χ0) is 14.5. The van der Waals surface area contributed by atoms with Crippen LogP contribution in [-0.2, 0) is 6.54 Å². The van der Waals surface area contributed by atoms with Crippen molar-refractivity contribution in [1.29, 1.82) is 0 Å². The van der Waals surface area contributed by atoms with Gasteiger partial charge in [0.15, 0.2) is 5.82 Å². The van der Waals surface area contributed by atoms with Gasteiger partial charge in [0, 0.05) is 17.7 Å². The van der Waals surface area contributed by atoms with Crippen LogP contribution in [0.4, 0.5) is 0 Å². The van der Waals surface area contributed by atoms with Gasteiger partial charge in [0.05, 0.1) is 20.8 Å². The maximum atomic E-state index is 5.39. The van der Waals surface area contributed by atoms with Crippen molar-refractivity contribution in [3.05, 3.63) is 35.5 Å². The van der Waals surface area contributed by atoms with Crippen LogP contribution in [0, 0.1) is 6.92 Å². The van der Waals surface area contributed by atoms with Gasteiger partial charge in [-0.1, -0.05) is 11.2 Å². The molecule has 1 heterocycles. The fraction of sp³-hybridized carbons (Fsp3) is 0.429. The molecular weight excluding hydrogens is 258 g/mol. The quantitative estimate of drug-likeness (QED) is 0.873. The third kappa shape index (κ3) is 3.27. The van der Waals surface area contributed by atoms with Crippen molar-refractivity contribution < 1.29 is 14.0 Å². The Bertz CT molecular complexity index is 569. The molecule has 20 heavy (non-hydrogen) atoms. The molecule has 0 spiro atoms. The van der Waals surface area contributed by atoms with E-state index in [1.54, 1.807) is 21.1 Å². The van der Waals surface area contributed by atoms with E-state index in [9.17, 15) is 0 Å². The standard InChI is InChI=1S/C14H19N3O3/c1-9(15-8-14-16-10(2)17-20-14)12-6-5-11(18-3)7-13(12)19-4/h5-7,9,15H,8H2,1-4H3. The van der Waals surface area contributed by atoms with Crippen molar-refractivity contribution >= 4 is 0 Å². The van der Waals surface area contributed by atoms with Gasteiger partial charge in [-0.3, -0.25) is 0 Å². The summed E-state index contributed by atoms with van der Waals surface area (Å²) >= 11 is 0. The Hall–Kier alpha value is -2.08. The number of benzene rings is 1. The monoisotopic (exact) mass is 277 g/mol. The minimum atomic E-state index is 0.0862. The maximum Gasteiger partial charge on any atom is 0.240 e. The predicted molar refractivity (Wildman–Crippen MR) is 73.8 cm³/mol. The fourth-order valence-electron chi connectivity index (χ4n) is 1.94. The van der Waals surface area contributed by atoms with Crippen molar-refractivity contribution in [2.45, 2.75) is 26.4 Å². The first-order valence-corrected chi connectivity index (χ1v) is 6.38. The van der Waals surface area contributed by atoms with E-state index < -0.39 is 0 Å². The zero-order valence-corrected chi connectivity index (χ0v) is 12.1. The summed E-state index contributed by atoms with van der Waals surface area (Å²) in [7, 11) is 3.28. The highest BCUT2D eigenvalue weighted by Gasteiger charge is 2.13. The third-order valence-corrected chi connectivity index (χ3v) is 3.04. The molecule has 0 saturated carbocycles. The van der Waals surface area contributed by atoms with Crippen LogP contribution in [0.15, 0.2) is 22.7 Å². The lowest BCUT2D eigenvalue weighted by Crippen LogP contribution is -2.19. The molecule has 6 heteroatoms. The van der Waals surface area contributed by atoms with E-state index in [4.69, 9.17) is 14.0 Å². The molecule has 0 radical (unpaired) electrons. The van der Waals surface area contributed by atoms with E-state index in [1.165, 1.54) is 0 Å². The summed E-state index contributed by atoms with van der Waals surface area (Å²) in [5.41, 5.74) is 1.05. The predicted octanol–water partition coefficient (Wildman–Crippen LogP) is 2.25. The van der Waals surface area contributed by atoms with Crippen LogP contribution in [0.2, 0.25) is 0 Å². The first kappa shape index (κ1) is 14.3. The van der Waals surface area contributed by atoms with Gasteiger partial charge in [-0.15, -0.1) is 0 Å². The second-order valence-electron chi connectivity index (χ2n) is 4.45. The Morgan fingerprint density at radius 1 is 1.30 bits per heavy atom. The summed E-state index contributed by atoms with van der Waals surface area (Å²) in [6.07, 6.45) is 0. The van der Waals surface area contributed by atoms with Crippen molar-refractivity contribution in [2.24, 2.45) is 0 Å². The van der Waals surface area contributed by atoms with Crippen molar-refractivity contribution in [2.75, 3.05) is 14.2 Å². The molecule has 1 aromatic carbocycles. The van der Waals surface area contributed by atoms with Crippen LogP contribution in [0.3, 0.4) is 0 Å². The first-order chi connectivity index (χ1) is 9.63. The third-order valence-electron chi connectivity index (χ3n) is 3.04. The average Bonchev–Trinajstić information content (AvgIpc) is 2.89. The van der Waals surface area contributed by atoms with Gasteiger partial charge in [0.1, 0.15) is 11.5 Å². The molecule has 0 saturated heterocycles. The number of rotatable bonds is 6. The molecule has 1 N–H and O–H groups in total. The summed E-state index contributed by atoms with van der Waals surface area (Å²) in [5.74, 6) is 2.76. The molecule has 1 atom stereocenters.